The zero-order valence-corrected chi connectivity index (χ0v) is 13.5. The van der Waals surface area contributed by atoms with Gasteiger partial charge in [-0.3, -0.25) is 4.90 Å². The molecule has 0 aromatic carbocycles. The average Bonchev–Trinajstić information content (AvgIpc) is 2.50. The topological polar surface area (TPSA) is 66.0 Å². The number of hydrogen-bond donors (Lipinski definition) is 3. The maximum Gasteiger partial charge on any atom is 0.124 e. The summed E-state index contributed by atoms with van der Waals surface area (Å²) in [6, 6.07) is 0. The van der Waals surface area contributed by atoms with E-state index in [1.165, 1.54) is 0 Å². The van der Waals surface area contributed by atoms with Crippen molar-refractivity contribution in [2.75, 3.05) is 72.2 Å². The van der Waals surface area contributed by atoms with Crippen molar-refractivity contribution in [2.24, 2.45) is 5.41 Å². The Morgan fingerprint density at radius 1 is 0.905 bits per heavy atom. The molecule has 0 bridgehead atoms. The van der Waals surface area contributed by atoms with Crippen LogP contribution in [-0.4, -0.2) is 87.8 Å². The summed E-state index contributed by atoms with van der Waals surface area (Å²) >= 11 is 0. The van der Waals surface area contributed by atoms with E-state index >= 15 is 0 Å². The van der Waals surface area contributed by atoms with Crippen LogP contribution in [0, 0.1) is 5.41 Å². The average molecular weight is 301 g/mol. The Balaban J connectivity index is 1.86. The van der Waals surface area contributed by atoms with E-state index in [2.05, 4.69) is 29.4 Å². The van der Waals surface area contributed by atoms with Crippen molar-refractivity contribution >= 4 is 0 Å². The van der Waals surface area contributed by atoms with Gasteiger partial charge in [0.15, 0.2) is 0 Å². The Labute approximate surface area is 128 Å². The third kappa shape index (κ3) is 6.18. The third-order valence-corrected chi connectivity index (χ3v) is 3.93. The van der Waals surface area contributed by atoms with Gasteiger partial charge in [0.1, 0.15) is 5.60 Å². The van der Waals surface area contributed by atoms with Crippen molar-refractivity contribution in [3.05, 3.63) is 0 Å². The summed E-state index contributed by atoms with van der Waals surface area (Å²) in [7, 11) is 0. The van der Waals surface area contributed by atoms with Gasteiger partial charge in [-0.1, -0.05) is 13.8 Å². The molecule has 21 heavy (non-hydrogen) atoms. The lowest BCUT2D eigenvalue weighted by Gasteiger charge is -2.38. The quantitative estimate of drug-likeness (QED) is 0.626. The lowest BCUT2D eigenvalue weighted by molar-refractivity contribution is -0.152. The second-order valence-electron chi connectivity index (χ2n) is 7.15. The Hall–Kier alpha value is -0.240. The van der Waals surface area contributed by atoms with Crippen LogP contribution in [0.2, 0.25) is 0 Å². The normalized spacial score (nSPS) is 28.7. The molecule has 6 heteroatoms. The summed E-state index contributed by atoms with van der Waals surface area (Å²) in [6.07, 6.45) is 0. The molecule has 3 N–H and O–H groups in total. The fourth-order valence-corrected chi connectivity index (χ4v) is 2.80. The van der Waals surface area contributed by atoms with Crippen molar-refractivity contribution in [2.45, 2.75) is 19.4 Å². The van der Waals surface area contributed by atoms with Gasteiger partial charge in [0, 0.05) is 51.2 Å². The van der Waals surface area contributed by atoms with Crippen LogP contribution < -0.4 is 10.6 Å². The second kappa shape index (κ2) is 7.85. The molecule has 0 amide bonds. The molecular formula is C15H31N3O3. The molecule has 124 valence electrons. The highest BCUT2D eigenvalue weighted by molar-refractivity contribution is 4.85. The van der Waals surface area contributed by atoms with Crippen LogP contribution in [0.15, 0.2) is 0 Å². The first kappa shape index (κ1) is 17.1. The highest BCUT2D eigenvalue weighted by Crippen LogP contribution is 2.21. The second-order valence-corrected chi connectivity index (χ2v) is 7.15. The fraction of sp³-hybridized carbons (Fsp3) is 1.00. The SMILES string of the molecule is CC1(C)COCC(O)(CN2CCNCCNCC2)COC1. The maximum atomic E-state index is 10.8. The number of ether oxygens (including phenoxy) is 2. The van der Waals surface area contributed by atoms with Crippen molar-refractivity contribution in [3.63, 3.8) is 0 Å². The highest BCUT2D eigenvalue weighted by Gasteiger charge is 2.34. The van der Waals surface area contributed by atoms with Crippen LogP contribution in [0.4, 0.5) is 0 Å². The van der Waals surface area contributed by atoms with Crippen LogP contribution in [-0.2, 0) is 9.47 Å². The number of hydrogen-bond acceptors (Lipinski definition) is 6. The van der Waals surface area contributed by atoms with Gasteiger partial charge < -0.3 is 25.2 Å². The van der Waals surface area contributed by atoms with E-state index < -0.39 is 5.60 Å². The minimum atomic E-state index is -0.912. The summed E-state index contributed by atoms with van der Waals surface area (Å²) in [6.45, 7) is 12.5. The summed E-state index contributed by atoms with van der Waals surface area (Å²) in [5, 5.41) is 17.6. The van der Waals surface area contributed by atoms with E-state index in [4.69, 9.17) is 9.47 Å². The molecule has 2 aliphatic heterocycles. The fourth-order valence-electron chi connectivity index (χ4n) is 2.80. The maximum absolute atomic E-state index is 10.8. The smallest absolute Gasteiger partial charge is 0.124 e. The van der Waals surface area contributed by atoms with Gasteiger partial charge >= 0.3 is 0 Å². The number of nitrogens with zero attached hydrogens (tertiary/aromatic N) is 1. The van der Waals surface area contributed by atoms with Crippen molar-refractivity contribution < 1.29 is 14.6 Å². The first-order valence-electron chi connectivity index (χ1n) is 8.01. The number of β-amino-alcohol motifs (C(OH)–C–C–N with tert-alkyl or cyclic N) is 1. The van der Waals surface area contributed by atoms with Crippen LogP contribution in [0.25, 0.3) is 0 Å². The lowest BCUT2D eigenvalue weighted by atomic mass is 9.95. The van der Waals surface area contributed by atoms with E-state index in [9.17, 15) is 5.11 Å². The van der Waals surface area contributed by atoms with E-state index in [1.54, 1.807) is 0 Å². The highest BCUT2D eigenvalue weighted by atomic mass is 16.5. The summed E-state index contributed by atoms with van der Waals surface area (Å²) in [5.74, 6) is 0. The van der Waals surface area contributed by atoms with E-state index in [-0.39, 0.29) is 5.41 Å². The Morgan fingerprint density at radius 3 is 1.95 bits per heavy atom. The predicted octanol–water partition coefficient (Wildman–Crippen LogP) is -0.715. The van der Waals surface area contributed by atoms with Crippen LogP contribution in [0.5, 0.6) is 0 Å². The Kier molecular flexibility index (Phi) is 6.40. The summed E-state index contributed by atoms with van der Waals surface area (Å²) < 4.78 is 11.5. The molecule has 0 aromatic rings. The molecule has 0 aliphatic carbocycles. The van der Waals surface area contributed by atoms with E-state index in [1.807, 2.05) is 0 Å². The van der Waals surface area contributed by atoms with Gasteiger partial charge in [-0.15, -0.1) is 0 Å². The van der Waals surface area contributed by atoms with Crippen molar-refractivity contribution in [3.8, 4) is 0 Å². The molecular weight excluding hydrogens is 270 g/mol. The molecule has 2 saturated heterocycles. The molecule has 0 aromatic heterocycles. The van der Waals surface area contributed by atoms with E-state index in [0.29, 0.717) is 33.0 Å². The largest absolute Gasteiger partial charge is 0.384 e. The number of rotatable bonds is 2. The van der Waals surface area contributed by atoms with Crippen molar-refractivity contribution in [1.29, 1.82) is 0 Å². The van der Waals surface area contributed by atoms with Gasteiger partial charge in [0.25, 0.3) is 0 Å². The molecule has 0 radical (unpaired) electrons. The zero-order chi connectivity index (χ0) is 15.2. The Bertz CT molecular complexity index is 291. The minimum Gasteiger partial charge on any atom is -0.384 e. The van der Waals surface area contributed by atoms with Gasteiger partial charge in [-0.2, -0.15) is 0 Å². The molecule has 2 fully saturated rings. The molecule has 0 atom stereocenters. The van der Waals surface area contributed by atoms with Crippen molar-refractivity contribution in [1.82, 2.24) is 15.5 Å². The number of aliphatic hydroxyl groups is 1. The zero-order valence-electron chi connectivity index (χ0n) is 13.5. The van der Waals surface area contributed by atoms with Gasteiger partial charge in [0.2, 0.25) is 0 Å². The molecule has 0 spiro atoms. The van der Waals surface area contributed by atoms with Gasteiger partial charge in [-0.05, 0) is 0 Å². The van der Waals surface area contributed by atoms with Gasteiger partial charge in [0.05, 0.1) is 26.4 Å². The Morgan fingerprint density at radius 2 is 1.43 bits per heavy atom. The monoisotopic (exact) mass is 301 g/mol. The van der Waals surface area contributed by atoms with E-state index in [0.717, 1.165) is 39.3 Å². The first-order valence-corrected chi connectivity index (χ1v) is 8.01. The number of nitrogens with one attached hydrogen (secondary N) is 2. The van der Waals surface area contributed by atoms with Gasteiger partial charge in [-0.25, -0.2) is 0 Å². The molecule has 2 rings (SSSR count). The predicted molar refractivity (Wildman–Crippen MR) is 82.5 cm³/mol. The lowest BCUT2D eigenvalue weighted by Crippen LogP contribution is -2.53. The van der Waals surface area contributed by atoms with Crippen LogP contribution >= 0.6 is 0 Å². The van der Waals surface area contributed by atoms with Crippen LogP contribution in [0.3, 0.4) is 0 Å². The molecule has 6 nitrogen and oxygen atoms in total. The molecule has 0 saturated carbocycles. The third-order valence-electron chi connectivity index (χ3n) is 3.93. The van der Waals surface area contributed by atoms with Crippen LogP contribution in [0.1, 0.15) is 13.8 Å². The minimum absolute atomic E-state index is 0.0214. The molecule has 0 unspecified atom stereocenters. The summed E-state index contributed by atoms with van der Waals surface area (Å²) in [5.41, 5.74) is -0.891. The molecule has 2 heterocycles. The molecule has 2 aliphatic rings. The standard InChI is InChI=1S/C15H31N3O3/c1-14(2)10-20-12-15(19,13-21-11-14)9-18-7-5-16-3-4-17-6-8-18/h16-17,19H,3-13H2,1-2H3. The first-order chi connectivity index (χ1) is 9.99. The summed E-state index contributed by atoms with van der Waals surface area (Å²) in [4.78, 5) is 2.28.